The molecule has 0 aromatic rings. The van der Waals surface area contributed by atoms with Crippen LogP contribution < -0.4 is 5.32 Å². The van der Waals surface area contributed by atoms with Crippen molar-refractivity contribution in [3.8, 4) is 0 Å². The van der Waals surface area contributed by atoms with Gasteiger partial charge in [0.05, 0.1) is 17.9 Å². The van der Waals surface area contributed by atoms with Gasteiger partial charge in [0.2, 0.25) is 0 Å². The van der Waals surface area contributed by atoms with E-state index >= 15 is 0 Å². The molecule has 3 unspecified atom stereocenters. The number of aliphatic carboxylic acids is 1. The van der Waals surface area contributed by atoms with Crippen molar-refractivity contribution in [1.29, 1.82) is 0 Å². The Bertz CT molecular complexity index is 375. The second kappa shape index (κ2) is 18.5. The van der Waals surface area contributed by atoms with Crippen LogP contribution >= 0.6 is 11.6 Å². The molecule has 0 bridgehead atoms. The van der Waals surface area contributed by atoms with Crippen LogP contribution in [0.1, 0.15) is 54.9 Å². The predicted octanol–water partition coefficient (Wildman–Crippen LogP) is 4.28. The summed E-state index contributed by atoms with van der Waals surface area (Å²) in [4.78, 5) is 21.0. The van der Waals surface area contributed by atoms with Crippen LogP contribution in [0, 0.1) is 17.8 Å². The van der Waals surface area contributed by atoms with Crippen LogP contribution in [0.25, 0.3) is 0 Å². The van der Waals surface area contributed by atoms with Gasteiger partial charge in [0.1, 0.15) is 12.8 Å². The average Bonchev–Trinajstić information content (AvgIpc) is 2.97. The monoisotopic (exact) mass is 395 g/mol. The Kier molecular flexibility index (Phi) is 21.0. The van der Waals surface area contributed by atoms with Crippen LogP contribution in [0.3, 0.4) is 0 Å². The van der Waals surface area contributed by atoms with E-state index in [9.17, 15) is 9.59 Å². The van der Waals surface area contributed by atoms with Crippen molar-refractivity contribution >= 4 is 23.5 Å². The summed E-state index contributed by atoms with van der Waals surface area (Å²) in [5.41, 5.74) is 0. The maximum absolute atomic E-state index is 11.3. The lowest BCUT2D eigenvalue weighted by Gasteiger charge is -2.15. The average molecular weight is 396 g/mol. The maximum atomic E-state index is 11.3. The molecule has 0 saturated carbocycles. The summed E-state index contributed by atoms with van der Waals surface area (Å²) >= 11 is 4.64. The van der Waals surface area contributed by atoms with E-state index in [1.807, 2.05) is 27.7 Å². The Balaban J connectivity index is -0.000000445. The highest BCUT2D eigenvalue weighted by molar-refractivity contribution is 6.15. The number of hydrogen-bond donors (Lipinski definition) is 2. The van der Waals surface area contributed by atoms with Crippen molar-refractivity contribution in [2.45, 2.75) is 67.2 Å². The lowest BCUT2D eigenvalue weighted by atomic mass is 10.1. The minimum atomic E-state index is -0.741. The number of esters is 1. The predicted molar refractivity (Wildman–Crippen MR) is 107 cm³/mol. The van der Waals surface area contributed by atoms with E-state index in [0.29, 0.717) is 12.5 Å². The SMILES string of the molecule is C=CNC1OC(COC(=O)C(C)C)CC1C.CC.CC(C)C(=O)O.CCl. The first kappa shape index (κ1) is 29.5. The molecule has 3 atom stereocenters. The Morgan fingerprint density at radius 1 is 1.27 bits per heavy atom. The van der Waals surface area contributed by atoms with Gasteiger partial charge < -0.3 is 19.9 Å². The Hall–Kier alpha value is -1.27. The summed E-state index contributed by atoms with van der Waals surface area (Å²) in [6.45, 7) is 17.0. The molecule has 0 amide bonds. The first-order chi connectivity index (χ1) is 12.2. The standard InChI is InChI=1S/C12H21NO3.C4H8O2.C2H6.CH3Cl/c1-5-13-11-9(4)6-10(16-11)7-15-12(14)8(2)3;1-3(2)4(5)6;2*1-2/h5,8-11,13H,1,6-7H2,2-4H3;3H,1-2H3,(H,5,6);1-2H3;1H3. The quantitative estimate of drug-likeness (QED) is 0.515. The van der Waals surface area contributed by atoms with Crippen LogP contribution in [0.2, 0.25) is 0 Å². The van der Waals surface area contributed by atoms with Crippen molar-refractivity contribution in [2.24, 2.45) is 17.8 Å². The molecule has 2 N–H and O–H groups in total. The van der Waals surface area contributed by atoms with E-state index in [0.717, 1.165) is 6.42 Å². The molecule has 1 aliphatic heterocycles. The minimum absolute atomic E-state index is 0.00449. The molecule has 0 aliphatic carbocycles. The largest absolute Gasteiger partial charge is 0.481 e. The highest BCUT2D eigenvalue weighted by Gasteiger charge is 2.32. The molecule has 1 saturated heterocycles. The second-order valence-corrected chi connectivity index (χ2v) is 6.04. The molecule has 7 heteroatoms. The summed E-state index contributed by atoms with van der Waals surface area (Å²) in [5.74, 6) is -0.821. The highest BCUT2D eigenvalue weighted by atomic mass is 35.5. The third-order valence-corrected chi connectivity index (χ3v) is 3.15. The molecule has 156 valence electrons. The zero-order valence-corrected chi connectivity index (χ0v) is 18.3. The number of hydrogen-bond acceptors (Lipinski definition) is 5. The number of halogens is 1. The molecule has 1 aliphatic rings. The molecular formula is C19H38ClNO5. The van der Waals surface area contributed by atoms with Gasteiger partial charge in [-0.1, -0.05) is 55.0 Å². The van der Waals surface area contributed by atoms with E-state index in [4.69, 9.17) is 14.6 Å². The highest BCUT2D eigenvalue weighted by Crippen LogP contribution is 2.24. The van der Waals surface area contributed by atoms with Crippen LogP contribution in [0.4, 0.5) is 0 Å². The van der Waals surface area contributed by atoms with Gasteiger partial charge in [0.15, 0.2) is 0 Å². The van der Waals surface area contributed by atoms with Gasteiger partial charge in [-0.15, -0.1) is 11.6 Å². The fourth-order valence-electron chi connectivity index (χ4n) is 1.70. The number of carboxylic acids is 1. The lowest BCUT2D eigenvalue weighted by molar-refractivity contribution is -0.151. The fraction of sp³-hybridized carbons (Fsp3) is 0.789. The molecule has 1 fully saturated rings. The number of carbonyl (C=O) groups is 2. The van der Waals surface area contributed by atoms with Crippen LogP contribution in [0.5, 0.6) is 0 Å². The summed E-state index contributed by atoms with van der Waals surface area (Å²) in [6.07, 6.45) is 3.98. The zero-order valence-electron chi connectivity index (χ0n) is 17.5. The van der Waals surface area contributed by atoms with Gasteiger partial charge in [-0.05, 0) is 12.6 Å². The van der Waals surface area contributed by atoms with Gasteiger partial charge in [0, 0.05) is 12.3 Å². The van der Waals surface area contributed by atoms with Crippen LogP contribution in [-0.2, 0) is 19.1 Å². The second-order valence-electron chi connectivity index (χ2n) is 6.04. The van der Waals surface area contributed by atoms with Gasteiger partial charge in [-0.2, -0.15) is 0 Å². The van der Waals surface area contributed by atoms with E-state index in [-0.39, 0.29) is 30.1 Å². The first-order valence-corrected chi connectivity index (χ1v) is 9.74. The summed E-state index contributed by atoms with van der Waals surface area (Å²) in [7, 11) is 0. The molecule has 0 aromatic carbocycles. The van der Waals surface area contributed by atoms with Crippen molar-refractivity contribution in [2.75, 3.05) is 13.0 Å². The van der Waals surface area contributed by atoms with E-state index in [1.165, 1.54) is 6.38 Å². The third kappa shape index (κ3) is 15.0. The number of carboxylic acid groups (broad SMARTS) is 1. The molecule has 0 radical (unpaired) electrons. The third-order valence-electron chi connectivity index (χ3n) is 3.15. The molecular weight excluding hydrogens is 358 g/mol. The smallest absolute Gasteiger partial charge is 0.308 e. The summed E-state index contributed by atoms with van der Waals surface area (Å²) in [6, 6.07) is 0. The van der Waals surface area contributed by atoms with Gasteiger partial charge in [0.25, 0.3) is 0 Å². The van der Waals surface area contributed by atoms with Crippen molar-refractivity contribution < 1.29 is 24.2 Å². The summed E-state index contributed by atoms with van der Waals surface area (Å²) in [5, 5.41) is 11.0. The number of rotatable bonds is 6. The molecule has 6 nitrogen and oxygen atoms in total. The molecule has 26 heavy (non-hydrogen) atoms. The first-order valence-electron chi connectivity index (χ1n) is 8.98. The van der Waals surface area contributed by atoms with Gasteiger partial charge in [-0.3, -0.25) is 9.59 Å². The molecule has 0 aromatic heterocycles. The van der Waals surface area contributed by atoms with Crippen molar-refractivity contribution in [3.05, 3.63) is 12.8 Å². The number of ether oxygens (including phenoxy) is 2. The Morgan fingerprint density at radius 2 is 1.73 bits per heavy atom. The van der Waals surface area contributed by atoms with E-state index < -0.39 is 5.97 Å². The zero-order chi connectivity index (χ0) is 21.3. The van der Waals surface area contributed by atoms with Crippen LogP contribution in [0.15, 0.2) is 12.8 Å². The normalized spacial score (nSPS) is 20.5. The van der Waals surface area contributed by atoms with Crippen molar-refractivity contribution in [1.82, 2.24) is 5.32 Å². The maximum Gasteiger partial charge on any atom is 0.308 e. The minimum Gasteiger partial charge on any atom is -0.481 e. The Morgan fingerprint density at radius 3 is 2.08 bits per heavy atom. The molecule has 1 heterocycles. The Labute approximate surface area is 164 Å². The number of carbonyl (C=O) groups excluding carboxylic acids is 1. The van der Waals surface area contributed by atoms with E-state index in [2.05, 4.69) is 30.4 Å². The molecule has 0 spiro atoms. The van der Waals surface area contributed by atoms with E-state index in [1.54, 1.807) is 20.0 Å². The van der Waals surface area contributed by atoms with Crippen molar-refractivity contribution in [3.63, 3.8) is 0 Å². The van der Waals surface area contributed by atoms with Gasteiger partial charge in [-0.25, -0.2) is 0 Å². The summed E-state index contributed by atoms with van der Waals surface area (Å²) < 4.78 is 10.8. The molecule has 1 rings (SSSR count). The fourth-order valence-corrected chi connectivity index (χ4v) is 1.70. The number of nitrogens with one attached hydrogen (secondary N) is 1. The lowest BCUT2D eigenvalue weighted by Crippen LogP contribution is -2.29. The van der Waals surface area contributed by atoms with Crippen LogP contribution in [-0.4, -0.2) is 42.4 Å². The number of alkyl halides is 1. The van der Waals surface area contributed by atoms with Gasteiger partial charge >= 0.3 is 11.9 Å². The topological polar surface area (TPSA) is 84.9 Å².